The molecule has 4 heteroatoms. The lowest BCUT2D eigenvalue weighted by molar-refractivity contribution is 1.10. The molecule has 14 rings (SSSR count). The van der Waals surface area contributed by atoms with Gasteiger partial charge < -0.3 is 9.47 Å². The number of hydrogen-bond donors (Lipinski definition) is 0. The lowest BCUT2D eigenvalue weighted by Crippen LogP contribution is -2.80. The largest absolute Gasteiger partial charge is 0.311 e. The maximum Gasteiger partial charge on any atom is 0.184 e. The van der Waals surface area contributed by atoms with Crippen LogP contribution in [0.2, 0.25) is 6.04 Å². The van der Waals surface area contributed by atoms with E-state index in [4.69, 9.17) is 0 Å². The number of anilines is 3. The van der Waals surface area contributed by atoms with E-state index < -0.39 is 16.1 Å². The molecule has 1 aromatic heterocycles. The fraction of sp³-hybridized carbons (Fsp3) is 0.0294. The number of fused-ring (bicyclic) bond motifs is 8. The summed E-state index contributed by atoms with van der Waals surface area (Å²) in [4.78, 5) is 2.75. The van der Waals surface area contributed by atoms with Gasteiger partial charge in [0.05, 0.1) is 11.0 Å². The van der Waals surface area contributed by atoms with Crippen molar-refractivity contribution in [3.05, 3.63) is 285 Å². The summed E-state index contributed by atoms with van der Waals surface area (Å²) in [6.45, 7) is 0. The van der Waals surface area contributed by atoms with Crippen molar-refractivity contribution in [3.8, 4) is 27.9 Å². The average molecular weight is 951 g/mol. The van der Waals surface area contributed by atoms with Crippen LogP contribution < -0.4 is 41.2 Å². The fourth-order valence-electron chi connectivity index (χ4n) is 12.8. The maximum absolute atomic E-state index is 3.23. The first-order valence-electron chi connectivity index (χ1n) is 25.3. The Kier molecular flexibility index (Phi) is 10.1. The van der Waals surface area contributed by atoms with E-state index in [0.717, 1.165) is 12.5 Å². The number of rotatable bonds is 9. The highest BCUT2D eigenvalue weighted by molar-refractivity contribution is 7.23. The van der Waals surface area contributed by atoms with Crippen LogP contribution in [0.1, 0.15) is 5.56 Å². The van der Waals surface area contributed by atoms with Crippen LogP contribution >= 0.6 is 0 Å². The molecule has 0 N–H and O–H groups in total. The van der Waals surface area contributed by atoms with E-state index in [0.29, 0.717) is 0 Å². The molecule has 0 bridgehead atoms. The molecule has 0 amide bonds. The van der Waals surface area contributed by atoms with Crippen LogP contribution in [0.3, 0.4) is 0 Å². The van der Waals surface area contributed by atoms with Gasteiger partial charge in [0.2, 0.25) is 0 Å². The fourth-order valence-corrected chi connectivity index (χ4v) is 23.5. The van der Waals surface area contributed by atoms with Crippen LogP contribution in [0, 0.1) is 0 Å². The van der Waals surface area contributed by atoms with Gasteiger partial charge in [-0.05, 0) is 113 Å². The summed E-state index contributed by atoms with van der Waals surface area (Å²) in [6.07, 6.45) is 0.935. The molecule has 0 aliphatic carbocycles. The standard InChI is InChI=1S/C68H50N2Si2/c1-8-24-49(25-9-1)44-45-71(55-32-16-5-17-33-55)63-46-52(50-26-10-2-11-27-50)40-42-61(63)70-62-43-41-53(51-28-12-3-13-29-51)47-64(62)72(56-34-18-6-19-35-56,57-36-20-7-21-37-57)65-48-59-58-38-22-23-39-60(58)69(54-30-14-4-15-31-54)66(59)68(71)67(65)70/h1-43,46-48H,44-45H2. The second kappa shape index (κ2) is 17.1. The SMILES string of the molecule is c1ccc(CC[Si]2(c3ccccc3)c3cc(-c4ccccc4)ccc3N3c4ccc(-c5ccccc5)cc4[Si](c4ccccc4)(c4ccccc4)c4cc5c6ccccc6n(-c6ccccc6)c5c2c43)cc1. The average Bonchev–Trinajstić information content (AvgIpc) is 3.80. The third-order valence-electron chi connectivity index (χ3n) is 15.9. The number of aromatic nitrogens is 1. The van der Waals surface area contributed by atoms with E-state index in [1.807, 2.05) is 0 Å². The van der Waals surface area contributed by atoms with E-state index in [2.05, 4.69) is 289 Å². The third kappa shape index (κ3) is 6.32. The van der Waals surface area contributed by atoms with Crippen molar-refractivity contribution in [1.82, 2.24) is 4.57 Å². The van der Waals surface area contributed by atoms with Crippen LogP contribution in [0.4, 0.5) is 17.1 Å². The van der Waals surface area contributed by atoms with E-state index >= 15 is 0 Å². The van der Waals surface area contributed by atoms with Gasteiger partial charge in [-0.2, -0.15) is 0 Å². The zero-order valence-corrected chi connectivity index (χ0v) is 41.9. The second-order valence-electron chi connectivity index (χ2n) is 19.5. The van der Waals surface area contributed by atoms with Gasteiger partial charge in [0.25, 0.3) is 0 Å². The summed E-state index contributed by atoms with van der Waals surface area (Å²) in [5.74, 6) is 0. The van der Waals surface area contributed by atoms with Gasteiger partial charge in [0.15, 0.2) is 16.1 Å². The Morgan fingerprint density at radius 3 is 1.40 bits per heavy atom. The predicted molar refractivity (Wildman–Crippen MR) is 310 cm³/mol. The molecule has 0 spiro atoms. The Hall–Kier alpha value is -8.55. The zero-order valence-electron chi connectivity index (χ0n) is 39.9. The van der Waals surface area contributed by atoms with E-state index in [-0.39, 0.29) is 0 Å². The number of para-hydroxylation sites is 2. The third-order valence-corrected chi connectivity index (χ3v) is 25.6. The predicted octanol–water partition coefficient (Wildman–Crippen LogP) is 12.3. The van der Waals surface area contributed by atoms with Crippen molar-refractivity contribution in [2.45, 2.75) is 12.5 Å². The molecule has 1 unspecified atom stereocenters. The van der Waals surface area contributed by atoms with E-state index in [1.165, 1.54) is 109 Å². The van der Waals surface area contributed by atoms with Crippen molar-refractivity contribution >= 4 is 91.3 Å². The van der Waals surface area contributed by atoms with Gasteiger partial charge in [-0.25, -0.2) is 0 Å². The molecule has 3 heterocycles. The van der Waals surface area contributed by atoms with E-state index in [1.54, 1.807) is 0 Å². The highest BCUT2D eigenvalue weighted by Crippen LogP contribution is 2.47. The Balaban J connectivity index is 1.25. The van der Waals surface area contributed by atoms with Crippen molar-refractivity contribution in [2.24, 2.45) is 0 Å². The van der Waals surface area contributed by atoms with Gasteiger partial charge in [0.1, 0.15) is 0 Å². The molecule has 12 aromatic rings. The number of aryl methyl sites for hydroxylation is 1. The van der Waals surface area contributed by atoms with Gasteiger partial charge in [-0.3, -0.25) is 0 Å². The minimum atomic E-state index is -3.23. The van der Waals surface area contributed by atoms with Gasteiger partial charge in [0, 0.05) is 33.5 Å². The number of benzene rings is 11. The Bertz CT molecular complexity index is 3920. The first kappa shape index (κ1) is 42.3. The summed E-state index contributed by atoms with van der Waals surface area (Å²) >= 11 is 0. The first-order valence-corrected chi connectivity index (χ1v) is 29.5. The van der Waals surface area contributed by atoms with Crippen molar-refractivity contribution in [2.75, 3.05) is 4.90 Å². The van der Waals surface area contributed by atoms with Gasteiger partial charge in [-0.15, -0.1) is 0 Å². The van der Waals surface area contributed by atoms with E-state index in [9.17, 15) is 0 Å². The molecule has 2 aliphatic rings. The van der Waals surface area contributed by atoms with Gasteiger partial charge >= 0.3 is 0 Å². The summed E-state index contributed by atoms with van der Waals surface area (Å²) in [5, 5.41) is 12.6. The van der Waals surface area contributed by atoms with Crippen molar-refractivity contribution in [3.63, 3.8) is 0 Å². The quantitative estimate of drug-likeness (QED) is 0.131. The van der Waals surface area contributed by atoms with Crippen molar-refractivity contribution in [1.29, 1.82) is 0 Å². The number of hydrogen-bond acceptors (Lipinski definition) is 1. The smallest absolute Gasteiger partial charge is 0.184 e. The molecule has 0 saturated heterocycles. The van der Waals surface area contributed by atoms with Gasteiger partial charge in [-0.1, -0.05) is 243 Å². The molecule has 11 aromatic carbocycles. The Labute approximate surface area is 423 Å². The monoisotopic (exact) mass is 950 g/mol. The normalized spacial score (nSPS) is 15.2. The molecule has 2 aliphatic heterocycles. The second-order valence-corrected chi connectivity index (χ2v) is 27.2. The van der Waals surface area contributed by atoms with Crippen LogP contribution in [0.5, 0.6) is 0 Å². The highest BCUT2D eigenvalue weighted by Gasteiger charge is 2.57. The molecule has 2 nitrogen and oxygen atoms in total. The molecule has 0 fully saturated rings. The summed E-state index contributed by atoms with van der Waals surface area (Å²) in [6, 6.07) is 107. The number of nitrogens with zero attached hydrogens (tertiary/aromatic N) is 2. The topological polar surface area (TPSA) is 8.17 Å². The summed E-state index contributed by atoms with van der Waals surface area (Å²) in [7, 11) is -6.42. The van der Waals surface area contributed by atoms with Crippen LogP contribution in [0.25, 0.3) is 49.7 Å². The summed E-state index contributed by atoms with van der Waals surface area (Å²) in [5.41, 5.74) is 13.9. The van der Waals surface area contributed by atoms with Crippen molar-refractivity contribution < 1.29 is 0 Å². The minimum Gasteiger partial charge on any atom is -0.311 e. The molecule has 1 atom stereocenters. The molecule has 340 valence electrons. The first-order chi connectivity index (χ1) is 35.7. The lowest BCUT2D eigenvalue weighted by atomic mass is 10.0. The lowest BCUT2D eigenvalue weighted by Gasteiger charge is -2.52. The van der Waals surface area contributed by atoms with Crippen LogP contribution in [-0.2, 0) is 6.42 Å². The maximum atomic E-state index is 2.75. The van der Waals surface area contributed by atoms with Crippen LogP contribution in [-0.4, -0.2) is 20.7 Å². The Morgan fingerprint density at radius 1 is 0.347 bits per heavy atom. The minimum absolute atomic E-state index is 0.935. The molecular weight excluding hydrogens is 901 g/mol. The molecule has 0 radical (unpaired) electrons. The summed E-state index contributed by atoms with van der Waals surface area (Å²) < 4.78 is 2.64. The Morgan fingerprint density at radius 2 is 0.819 bits per heavy atom. The zero-order chi connectivity index (χ0) is 47.6. The molecule has 72 heavy (non-hydrogen) atoms. The molecule has 0 saturated carbocycles. The highest BCUT2D eigenvalue weighted by atomic mass is 28.3. The molecular formula is C68H50N2Si2. The van der Waals surface area contributed by atoms with Crippen LogP contribution in [0.15, 0.2) is 279 Å².